The summed E-state index contributed by atoms with van der Waals surface area (Å²) in [7, 11) is 0. The fourth-order valence-electron chi connectivity index (χ4n) is 1.34. The summed E-state index contributed by atoms with van der Waals surface area (Å²) in [6.07, 6.45) is 1.62. The fraction of sp³-hybridized carbons (Fsp3) is 0.0833. The van der Waals surface area contributed by atoms with Crippen molar-refractivity contribution in [3.05, 3.63) is 51.9 Å². The first kappa shape index (κ1) is 12.8. The van der Waals surface area contributed by atoms with Crippen LogP contribution in [0.25, 0.3) is 0 Å². The number of aryl methyl sites for hydroxylation is 1. The molecule has 1 heterocycles. The number of aromatic nitrogens is 2. The van der Waals surface area contributed by atoms with Crippen molar-refractivity contribution in [2.45, 2.75) is 6.92 Å². The molecule has 1 aromatic carbocycles. The lowest BCUT2D eigenvalue weighted by Gasteiger charge is -2.01. The number of hydrogen-bond acceptors (Lipinski definition) is 4. The second kappa shape index (κ2) is 5.80. The predicted molar refractivity (Wildman–Crippen MR) is 74.4 cm³/mol. The second-order valence-electron chi connectivity index (χ2n) is 3.51. The molecule has 0 atom stereocenters. The molecule has 0 spiro atoms. The van der Waals surface area contributed by atoms with E-state index >= 15 is 0 Å². The van der Waals surface area contributed by atoms with E-state index in [4.69, 9.17) is 23.2 Å². The smallest absolute Gasteiger partial charge is 0.151 e. The number of hydrazone groups is 1. The van der Waals surface area contributed by atoms with Gasteiger partial charge < -0.3 is 0 Å². The number of hydrogen-bond donors (Lipinski definition) is 1. The van der Waals surface area contributed by atoms with Gasteiger partial charge in [0.2, 0.25) is 0 Å². The monoisotopic (exact) mass is 280 g/mol. The summed E-state index contributed by atoms with van der Waals surface area (Å²) in [5.41, 5.74) is 3.60. The van der Waals surface area contributed by atoms with Gasteiger partial charge in [-0.3, -0.25) is 5.43 Å². The number of anilines is 1. The lowest BCUT2D eigenvalue weighted by atomic mass is 10.2. The van der Waals surface area contributed by atoms with E-state index in [2.05, 4.69) is 20.5 Å². The molecule has 2 rings (SSSR count). The van der Waals surface area contributed by atoms with Crippen molar-refractivity contribution in [3.8, 4) is 0 Å². The Morgan fingerprint density at radius 3 is 2.72 bits per heavy atom. The van der Waals surface area contributed by atoms with Crippen LogP contribution in [0.2, 0.25) is 10.2 Å². The van der Waals surface area contributed by atoms with Gasteiger partial charge in [0.05, 0.1) is 6.21 Å². The Kier molecular flexibility index (Phi) is 4.12. The van der Waals surface area contributed by atoms with E-state index in [0.717, 1.165) is 5.56 Å². The molecule has 18 heavy (non-hydrogen) atoms. The van der Waals surface area contributed by atoms with Crippen molar-refractivity contribution >= 4 is 35.2 Å². The Hall–Kier alpha value is -1.65. The highest BCUT2D eigenvalue weighted by Gasteiger charge is 1.98. The number of rotatable bonds is 3. The second-order valence-corrected chi connectivity index (χ2v) is 4.31. The summed E-state index contributed by atoms with van der Waals surface area (Å²) in [5.74, 6) is 1.12. The molecule has 2 aromatic rings. The van der Waals surface area contributed by atoms with Crippen LogP contribution in [0.15, 0.2) is 35.4 Å². The zero-order chi connectivity index (χ0) is 13.0. The van der Waals surface area contributed by atoms with Crippen molar-refractivity contribution < 1.29 is 0 Å². The van der Waals surface area contributed by atoms with E-state index < -0.39 is 0 Å². The molecule has 4 nitrogen and oxygen atoms in total. The van der Waals surface area contributed by atoms with E-state index in [0.29, 0.717) is 21.8 Å². The molecule has 0 aliphatic heterocycles. The first-order valence-corrected chi connectivity index (χ1v) is 5.95. The summed E-state index contributed by atoms with van der Waals surface area (Å²) < 4.78 is 0. The Bertz CT molecular complexity index is 564. The molecule has 0 saturated heterocycles. The van der Waals surface area contributed by atoms with Crippen molar-refractivity contribution in [1.82, 2.24) is 9.97 Å². The van der Waals surface area contributed by atoms with Crippen LogP contribution in [0.5, 0.6) is 0 Å². The van der Waals surface area contributed by atoms with Gasteiger partial charge in [0.1, 0.15) is 11.0 Å². The summed E-state index contributed by atoms with van der Waals surface area (Å²) in [6.45, 7) is 1.76. The third-order valence-electron chi connectivity index (χ3n) is 2.09. The van der Waals surface area contributed by atoms with E-state index in [1.54, 1.807) is 25.3 Å². The Labute approximate surface area is 115 Å². The van der Waals surface area contributed by atoms with Gasteiger partial charge in [-0.2, -0.15) is 5.10 Å². The molecule has 0 bridgehead atoms. The normalized spacial score (nSPS) is 10.8. The maximum absolute atomic E-state index is 5.99. The van der Waals surface area contributed by atoms with Gasteiger partial charge >= 0.3 is 0 Å². The quantitative estimate of drug-likeness (QED) is 0.532. The highest BCUT2D eigenvalue weighted by atomic mass is 35.5. The van der Waals surface area contributed by atoms with Crippen LogP contribution in [-0.4, -0.2) is 16.2 Å². The Morgan fingerprint density at radius 1 is 1.22 bits per heavy atom. The molecule has 6 heteroatoms. The molecule has 0 aliphatic carbocycles. The average molecular weight is 281 g/mol. The van der Waals surface area contributed by atoms with Gasteiger partial charge in [-0.15, -0.1) is 0 Å². The maximum Gasteiger partial charge on any atom is 0.151 e. The highest BCUT2D eigenvalue weighted by molar-refractivity contribution is 6.33. The summed E-state index contributed by atoms with van der Waals surface area (Å²) in [6, 6.07) is 9.01. The first-order chi connectivity index (χ1) is 8.65. The summed E-state index contributed by atoms with van der Waals surface area (Å²) >= 11 is 11.8. The standard InChI is InChI=1S/C12H10Cl2N4/c1-8-16-11(14)6-12(17-8)18-15-7-9-4-2-3-5-10(9)13/h2-7H,1H3,(H,16,17,18). The minimum absolute atomic E-state index is 0.373. The van der Waals surface area contributed by atoms with Gasteiger partial charge in [0.25, 0.3) is 0 Å². The van der Waals surface area contributed by atoms with Crippen LogP contribution in [0.4, 0.5) is 5.82 Å². The zero-order valence-corrected chi connectivity index (χ0v) is 11.1. The molecule has 0 radical (unpaired) electrons. The van der Waals surface area contributed by atoms with Gasteiger partial charge in [-0.05, 0) is 13.0 Å². The molecule has 0 aliphatic rings. The average Bonchev–Trinajstić information content (AvgIpc) is 2.30. The van der Waals surface area contributed by atoms with Crippen molar-refractivity contribution in [2.24, 2.45) is 5.10 Å². The SMILES string of the molecule is Cc1nc(Cl)cc(NN=Cc2ccccc2Cl)n1. The van der Waals surface area contributed by atoms with Crippen LogP contribution in [0.1, 0.15) is 11.4 Å². The largest absolute Gasteiger partial charge is 0.261 e. The molecular formula is C12H10Cl2N4. The molecule has 0 amide bonds. The Balaban J connectivity index is 2.10. The maximum atomic E-state index is 5.99. The van der Waals surface area contributed by atoms with Gasteiger partial charge in [0.15, 0.2) is 5.82 Å². The van der Waals surface area contributed by atoms with Crippen molar-refractivity contribution in [2.75, 3.05) is 5.43 Å². The van der Waals surface area contributed by atoms with E-state index in [1.807, 2.05) is 18.2 Å². The first-order valence-electron chi connectivity index (χ1n) is 5.20. The van der Waals surface area contributed by atoms with Crippen LogP contribution in [0, 0.1) is 6.92 Å². The Morgan fingerprint density at radius 2 is 2.00 bits per heavy atom. The fourth-order valence-corrected chi connectivity index (χ4v) is 1.75. The van der Waals surface area contributed by atoms with Crippen LogP contribution in [0.3, 0.4) is 0 Å². The van der Waals surface area contributed by atoms with E-state index in [-0.39, 0.29) is 0 Å². The summed E-state index contributed by atoms with van der Waals surface area (Å²) in [4.78, 5) is 8.09. The number of nitrogens with one attached hydrogen (secondary N) is 1. The van der Waals surface area contributed by atoms with E-state index in [9.17, 15) is 0 Å². The number of benzene rings is 1. The topological polar surface area (TPSA) is 50.2 Å². The molecule has 0 saturated carbocycles. The van der Waals surface area contributed by atoms with Crippen molar-refractivity contribution in [1.29, 1.82) is 0 Å². The predicted octanol–water partition coefficient (Wildman–Crippen LogP) is 3.54. The highest BCUT2D eigenvalue weighted by Crippen LogP contribution is 2.13. The third-order valence-corrected chi connectivity index (χ3v) is 2.63. The molecular weight excluding hydrogens is 271 g/mol. The molecule has 0 unspecified atom stereocenters. The molecule has 1 aromatic heterocycles. The third kappa shape index (κ3) is 3.42. The summed E-state index contributed by atoms with van der Waals surface area (Å²) in [5, 5.41) is 5.06. The minimum Gasteiger partial charge on any atom is -0.261 e. The van der Waals surface area contributed by atoms with Gasteiger partial charge in [-0.1, -0.05) is 41.4 Å². The number of nitrogens with zero attached hydrogens (tertiary/aromatic N) is 3. The van der Waals surface area contributed by atoms with Crippen LogP contribution in [-0.2, 0) is 0 Å². The lowest BCUT2D eigenvalue weighted by Crippen LogP contribution is -1.97. The lowest BCUT2D eigenvalue weighted by molar-refractivity contribution is 1.04. The van der Waals surface area contributed by atoms with E-state index in [1.165, 1.54) is 0 Å². The van der Waals surface area contributed by atoms with Crippen LogP contribution >= 0.6 is 23.2 Å². The molecule has 1 N–H and O–H groups in total. The minimum atomic E-state index is 0.373. The van der Waals surface area contributed by atoms with Gasteiger partial charge in [-0.25, -0.2) is 9.97 Å². The van der Waals surface area contributed by atoms with Crippen LogP contribution < -0.4 is 5.43 Å². The van der Waals surface area contributed by atoms with Crippen molar-refractivity contribution in [3.63, 3.8) is 0 Å². The number of halogens is 2. The van der Waals surface area contributed by atoms with Gasteiger partial charge in [0, 0.05) is 16.7 Å². The zero-order valence-electron chi connectivity index (χ0n) is 9.56. The molecule has 92 valence electrons. The molecule has 0 fully saturated rings.